The number of aromatic nitrogens is 2. The van der Waals surface area contributed by atoms with Crippen LogP contribution < -0.4 is 4.74 Å². The van der Waals surface area contributed by atoms with Gasteiger partial charge in [-0.25, -0.2) is 14.8 Å². The molecule has 2 heterocycles. The highest BCUT2D eigenvalue weighted by Crippen LogP contribution is 2.34. The van der Waals surface area contributed by atoms with Crippen molar-refractivity contribution in [1.82, 2.24) is 9.97 Å². The lowest BCUT2D eigenvalue weighted by atomic mass is 9.99. The zero-order valence-corrected chi connectivity index (χ0v) is 15.4. The number of benzene rings is 1. The smallest absolute Gasteiger partial charge is 0.462 e. The van der Waals surface area contributed by atoms with Crippen molar-refractivity contribution >= 4 is 33.0 Å². The van der Waals surface area contributed by atoms with Crippen LogP contribution in [0.25, 0.3) is 22.2 Å². The molecule has 0 aliphatic carbocycles. The first-order valence-corrected chi connectivity index (χ1v) is 8.80. The Hall–Kier alpha value is -2.62. The molecule has 0 aliphatic heterocycles. The van der Waals surface area contributed by atoms with Crippen LogP contribution in [0.15, 0.2) is 35.2 Å². The molecule has 0 spiro atoms. The number of halogens is 4. The molecule has 3 rings (SSSR count). The topological polar surface area (TPSA) is 74.5 Å². The summed E-state index contributed by atoms with van der Waals surface area (Å²) in [6.45, 7) is 1.89. The van der Waals surface area contributed by atoms with Crippen molar-refractivity contribution in [2.45, 2.75) is 18.6 Å². The van der Waals surface area contributed by atoms with Crippen LogP contribution in [-0.2, 0) is 10.1 Å². The Morgan fingerprint density at radius 2 is 2.07 bits per heavy atom. The van der Waals surface area contributed by atoms with E-state index in [0.29, 0.717) is 27.5 Å². The number of nitrogens with zero attached hydrogens (tertiary/aromatic N) is 2. The number of fused-ring (bicyclic) bond motifs is 1. The SMILES string of the molecule is CCOC(=O)c1c(CBr)cc(-c2ccc(OC(F)(F)F)nc2)c2ncoc12. The molecule has 3 aromatic rings. The second-order valence-corrected chi connectivity index (χ2v) is 5.84. The molecular weight excluding hydrogens is 433 g/mol. The number of esters is 1. The Balaban J connectivity index is 2.09. The van der Waals surface area contributed by atoms with E-state index in [-0.39, 0.29) is 17.8 Å². The Kier molecular flexibility index (Phi) is 5.36. The average molecular weight is 445 g/mol. The van der Waals surface area contributed by atoms with Gasteiger partial charge in [0, 0.05) is 28.7 Å². The number of rotatable bonds is 5. The lowest BCUT2D eigenvalue weighted by molar-refractivity contribution is -0.276. The maximum atomic E-state index is 12.3. The van der Waals surface area contributed by atoms with Crippen LogP contribution in [0.4, 0.5) is 13.2 Å². The van der Waals surface area contributed by atoms with Crippen LogP contribution in [0.1, 0.15) is 22.8 Å². The van der Waals surface area contributed by atoms with Gasteiger partial charge in [-0.3, -0.25) is 0 Å². The lowest BCUT2D eigenvalue weighted by Crippen LogP contribution is -2.17. The van der Waals surface area contributed by atoms with Gasteiger partial charge in [0.15, 0.2) is 12.0 Å². The highest BCUT2D eigenvalue weighted by atomic mass is 79.9. The van der Waals surface area contributed by atoms with E-state index >= 15 is 0 Å². The van der Waals surface area contributed by atoms with Crippen molar-refractivity contribution in [3.63, 3.8) is 0 Å². The minimum absolute atomic E-state index is 0.197. The summed E-state index contributed by atoms with van der Waals surface area (Å²) < 4.78 is 51.1. The fraction of sp³-hybridized carbons (Fsp3) is 0.235. The van der Waals surface area contributed by atoms with Crippen molar-refractivity contribution < 1.29 is 31.9 Å². The van der Waals surface area contributed by atoms with Crippen LogP contribution in [0.5, 0.6) is 5.88 Å². The number of carbonyl (C=O) groups is 1. The van der Waals surface area contributed by atoms with Gasteiger partial charge in [-0.05, 0) is 24.6 Å². The number of oxazole rings is 1. The molecule has 0 unspecified atom stereocenters. The molecule has 0 amide bonds. The third-order valence-electron chi connectivity index (χ3n) is 3.58. The summed E-state index contributed by atoms with van der Waals surface area (Å²) in [7, 11) is 0. The normalized spacial score (nSPS) is 11.6. The zero-order chi connectivity index (χ0) is 19.6. The van der Waals surface area contributed by atoms with Crippen molar-refractivity contribution in [1.29, 1.82) is 0 Å². The fourth-order valence-electron chi connectivity index (χ4n) is 2.55. The van der Waals surface area contributed by atoms with Crippen molar-refractivity contribution in [2.75, 3.05) is 6.61 Å². The summed E-state index contributed by atoms with van der Waals surface area (Å²) >= 11 is 3.32. The number of hydrogen-bond donors (Lipinski definition) is 0. The third-order valence-corrected chi connectivity index (χ3v) is 4.18. The summed E-state index contributed by atoms with van der Waals surface area (Å²) in [4.78, 5) is 20.1. The monoisotopic (exact) mass is 444 g/mol. The quantitative estimate of drug-likeness (QED) is 0.413. The van der Waals surface area contributed by atoms with E-state index in [2.05, 4.69) is 30.6 Å². The number of ether oxygens (including phenoxy) is 2. The predicted octanol–water partition coefficient (Wildman–Crippen LogP) is 4.86. The standard InChI is InChI=1S/C17H12BrF3N2O4/c1-2-25-16(24)13-10(6-18)5-11(14-15(13)26-8-23-14)9-3-4-12(22-7-9)27-17(19,20)21/h3-5,7-8H,2,6H2,1H3. The van der Waals surface area contributed by atoms with Gasteiger partial charge in [0.25, 0.3) is 0 Å². The highest BCUT2D eigenvalue weighted by molar-refractivity contribution is 9.08. The molecule has 0 saturated carbocycles. The minimum atomic E-state index is -4.82. The summed E-state index contributed by atoms with van der Waals surface area (Å²) in [6, 6.07) is 4.20. The summed E-state index contributed by atoms with van der Waals surface area (Å²) in [5.74, 6) is -1.13. The van der Waals surface area contributed by atoms with Gasteiger partial charge in [-0.15, -0.1) is 13.2 Å². The summed E-state index contributed by atoms with van der Waals surface area (Å²) in [5, 5.41) is 0.327. The largest absolute Gasteiger partial charge is 0.574 e. The molecule has 0 atom stereocenters. The molecule has 0 bridgehead atoms. The first-order chi connectivity index (χ1) is 12.8. The van der Waals surface area contributed by atoms with Gasteiger partial charge in [0.2, 0.25) is 5.88 Å². The molecule has 27 heavy (non-hydrogen) atoms. The van der Waals surface area contributed by atoms with Crippen molar-refractivity contribution in [2.24, 2.45) is 0 Å². The van der Waals surface area contributed by atoms with Crippen LogP contribution in [0.3, 0.4) is 0 Å². The zero-order valence-electron chi connectivity index (χ0n) is 13.8. The molecule has 0 aliphatic rings. The van der Waals surface area contributed by atoms with Gasteiger partial charge in [0.05, 0.1) is 6.61 Å². The Morgan fingerprint density at radius 3 is 2.67 bits per heavy atom. The first kappa shape index (κ1) is 19.2. The molecule has 0 N–H and O–H groups in total. The Morgan fingerprint density at radius 1 is 1.30 bits per heavy atom. The van der Waals surface area contributed by atoms with E-state index in [4.69, 9.17) is 9.15 Å². The van der Waals surface area contributed by atoms with Gasteiger partial charge in [-0.2, -0.15) is 0 Å². The van der Waals surface area contributed by atoms with Crippen LogP contribution in [0.2, 0.25) is 0 Å². The van der Waals surface area contributed by atoms with E-state index in [9.17, 15) is 18.0 Å². The van der Waals surface area contributed by atoms with Crippen molar-refractivity contribution in [3.8, 4) is 17.0 Å². The minimum Gasteiger partial charge on any atom is -0.462 e. The second-order valence-electron chi connectivity index (χ2n) is 5.28. The van der Waals surface area contributed by atoms with Gasteiger partial charge < -0.3 is 13.9 Å². The molecule has 0 fully saturated rings. The predicted molar refractivity (Wildman–Crippen MR) is 92.5 cm³/mol. The number of alkyl halides is 4. The van der Waals surface area contributed by atoms with E-state index in [0.717, 1.165) is 6.07 Å². The average Bonchev–Trinajstić information content (AvgIpc) is 3.09. The molecular formula is C17H12BrF3N2O4. The van der Waals surface area contributed by atoms with E-state index < -0.39 is 18.2 Å². The molecule has 0 radical (unpaired) electrons. The maximum absolute atomic E-state index is 12.3. The third kappa shape index (κ3) is 4.05. The van der Waals surface area contributed by atoms with Crippen molar-refractivity contribution in [3.05, 3.63) is 41.9 Å². The second kappa shape index (κ2) is 7.55. The molecule has 0 saturated heterocycles. The molecule has 1 aromatic carbocycles. The Labute approximate surface area is 159 Å². The number of hydrogen-bond acceptors (Lipinski definition) is 6. The number of carbonyl (C=O) groups excluding carboxylic acids is 1. The lowest BCUT2D eigenvalue weighted by Gasteiger charge is -2.11. The van der Waals surface area contributed by atoms with E-state index in [1.807, 2.05) is 0 Å². The van der Waals surface area contributed by atoms with Crippen LogP contribution in [-0.4, -0.2) is 28.9 Å². The molecule has 2 aromatic heterocycles. The summed E-state index contributed by atoms with van der Waals surface area (Å²) in [6.07, 6.45) is -2.41. The van der Waals surface area contributed by atoms with E-state index in [1.54, 1.807) is 13.0 Å². The first-order valence-electron chi connectivity index (χ1n) is 7.68. The number of pyridine rings is 1. The van der Waals surface area contributed by atoms with Crippen LogP contribution in [0, 0.1) is 0 Å². The summed E-state index contributed by atoms with van der Waals surface area (Å²) in [5.41, 5.74) is 2.47. The van der Waals surface area contributed by atoms with Gasteiger partial charge in [-0.1, -0.05) is 15.9 Å². The molecule has 6 nitrogen and oxygen atoms in total. The van der Waals surface area contributed by atoms with Crippen LogP contribution >= 0.6 is 15.9 Å². The van der Waals surface area contributed by atoms with E-state index in [1.165, 1.54) is 18.7 Å². The Bertz CT molecular complexity index is 971. The molecule has 10 heteroatoms. The molecule has 142 valence electrons. The van der Waals surface area contributed by atoms with Gasteiger partial charge in [0.1, 0.15) is 11.1 Å². The maximum Gasteiger partial charge on any atom is 0.574 e. The highest BCUT2D eigenvalue weighted by Gasteiger charge is 2.31. The van der Waals surface area contributed by atoms with Gasteiger partial charge >= 0.3 is 12.3 Å². The fourth-order valence-corrected chi connectivity index (χ4v) is 2.99.